The molecule has 2 N–H and O–H groups in total. The Morgan fingerprint density at radius 1 is 1.38 bits per heavy atom. The van der Waals surface area contributed by atoms with Gasteiger partial charge in [-0.3, -0.25) is 0 Å². The van der Waals surface area contributed by atoms with Gasteiger partial charge in [0.25, 0.3) is 0 Å². The molecule has 1 heterocycles. The van der Waals surface area contributed by atoms with Crippen molar-refractivity contribution in [3.63, 3.8) is 0 Å². The van der Waals surface area contributed by atoms with Gasteiger partial charge in [0, 0.05) is 10.9 Å². The van der Waals surface area contributed by atoms with Crippen LogP contribution in [0.25, 0.3) is 0 Å². The first kappa shape index (κ1) is 18.1. The quantitative estimate of drug-likeness (QED) is 0.770. The Labute approximate surface area is 149 Å². The van der Waals surface area contributed by atoms with Crippen LogP contribution in [0.5, 0.6) is 0 Å². The third-order valence-electron chi connectivity index (χ3n) is 3.67. The van der Waals surface area contributed by atoms with Crippen molar-refractivity contribution in [2.45, 2.75) is 32.6 Å². The second kappa shape index (κ2) is 8.02. The molecule has 0 bridgehead atoms. The molecule has 0 aliphatic carbocycles. The van der Waals surface area contributed by atoms with Crippen LogP contribution in [0.4, 0.5) is 0 Å². The van der Waals surface area contributed by atoms with E-state index in [9.17, 15) is 10.1 Å². The van der Waals surface area contributed by atoms with E-state index in [1.54, 1.807) is 6.92 Å². The van der Waals surface area contributed by atoms with Crippen molar-refractivity contribution < 1.29 is 14.3 Å². The van der Waals surface area contributed by atoms with Crippen molar-refractivity contribution >= 4 is 21.9 Å². The molecule has 1 aromatic rings. The van der Waals surface area contributed by atoms with Gasteiger partial charge in [0.1, 0.15) is 17.4 Å². The Bertz CT molecular complexity index is 730. The first-order valence-corrected chi connectivity index (χ1v) is 8.55. The van der Waals surface area contributed by atoms with E-state index in [0.29, 0.717) is 17.8 Å². The molecule has 1 unspecified atom stereocenters. The SMILES string of the molecule is CCCC1=C(C(=O)OCC)C(c2ccc(Br)cc2)C(C#N)=C(N)O1. The lowest BCUT2D eigenvalue weighted by molar-refractivity contribution is -0.139. The zero-order valence-electron chi connectivity index (χ0n) is 13.6. The van der Waals surface area contributed by atoms with Crippen molar-refractivity contribution in [3.05, 3.63) is 57.1 Å². The van der Waals surface area contributed by atoms with E-state index in [1.165, 1.54) is 0 Å². The molecular weight excluding hydrogens is 372 g/mol. The molecule has 1 aromatic carbocycles. The predicted octanol–water partition coefficient (Wildman–Crippen LogP) is 3.87. The summed E-state index contributed by atoms with van der Waals surface area (Å²) < 4.78 is 11.7. The summed E-state index contributed by atoms with van der Waals surface area (Å²) >= 11 is 3.39. The molecule has 0 saturated carbocycles. The number of carbonyl (C=O) groups is 1. The number of hydrogen-bond donors (Lipinski definition) is 1. The molecule has 24 heavy (non-hydrogen) atoms. The summed E-state index contributed by atoms with van der Waals surface area (Å²) in [6.07, 6.45) is 1.32. The number of halogens is 1. The van der Waals surface area contributed by atoms with Crippen molar-refractivity contribution in [2.24, 2.45) is 5.73 Å². The molecule has 0 spiro atoms. The fraction of sp³-hybridized carbons (Fsp3) is 0.333. The van der Waals surface area contributed by atoms with E-state index in [-0.39, 0.29) is 18.1 Å². The molecule has 1 aliphatic rings. The molecule has 1 atom stereocenters. The van der Waals surface area contributed by atoms with Gasteiger partial charge >= 0.3 is 5.97 Å². The topological polar surface area (TPSA) is 85.3 Å². The smallest absolute Gasteiger partial charge is 0.338 e. The summed E-state index contributed by atoms with van der Waals surface area (Å²) in [5, 5.41) is 9.54. The highest BCUT2D eigenvalue weighted by molar-refractivity contribution is 9.10. The number of allylic oxidation sites excluding steroid dienone is 2. The summed E-state index contributed by atoms with van der Waals surface area (Å²) in [5.41, 5.74) is 7.31. The molecule has 126 valence electrons. The summed E-state index contributed by atoms with van der Waals surface area (Å²) in [7, 11) is 0. The first-order chi connectivity index (χ1) is 11.5. The fourth-order valence-electron chi connectivity index (χ4n) is 2.65. The van der Waals surface area contributed by atoms with E-state index < -0.39 is 11.9 Å². The average molecular weight is 391 g/mol. The first-order valence-electron chi connectivity index (χ1n) is 7.76. The lowest BCUT2D eigenvalue weighted by Crippen LogP contribution is -2.26. The lowest BCUT2D eigenvalue weighted by atomic mass is 9.82. The molecular formula is C18H19BrN2O3. The van der Waals surface area contributed by atoms with Crippen LogP contribution in [-0.2, 0) is 14.3 Å². The van der Waals surface area contributed by atoms with Crippen LogP contribution < -0.4 is 5.73 Å². The number of nitrogens with zero attached hydrogens (tertiary/aromatic N) is 1. The van der Waals surface area contributed by atoms with Crippen LogP contribution in [0.1, 0.15) is 38.2 Å². The van der Waals surface area contributed by atoms with Crippen LogP contribution in [0, 0.1) is 11.3 Å². The Morgan fingerprint density at radius 2 is 2.04 bits per heavy atom. The number of benzene rings is 1. The van der Waals surface area contributed by atoms with Crippen molar-refractivity contribution in [3.8, 4) is 6.07 Å². The number of nitrogens with two attached hydrogens (primary N) is 1. The molecule has 0 aromatic heterocycles. The highest BCUT2D eigenvalue weighted by Gasteiger charge is 2.37. The minimum Gasteiger partial charge on any atom is -0.463 e. The second-order valence-corrected chi connectivity index (χ2v) is 6.20. The van der Waals surface area contributed by atoms with E-state index in [1.807, 2.05) is 31.2 Å². The van der Waals surface area contributed by atoms with Crippen LogP contribution >= 0.6 is 15.9 Å². The lowest BCUT2D eigenvalue weighted by Gasteiger charge is -2.28. The second-order valence-electron chi connectivity index (χ2n) is 5.28. The van der Waals surface area contributed by atoms with E-state index in [0.717, 1.165) is 16.5 Å². The Balaban J connectivity index is 2.63. The minimum absolute atomic E-state index is 0.0434. The van der Waals surface area contributed by atoms with Crippen molar-refractivity contribution in [2.75, 3.05) is 6.61 Å². The summed E-state index contributed by atoms with van der Waals surface area (Å²) in [6, 6.07) is 9.51. The molecule has 0 radical (unpaired) electrons. The largest absolute Gasteiger partial charge is 0.463 e. The summed E-state index contributed by atoms with van der Waals surface area (Å²) in [6.45, 7) is 3.97. The highest BCUT2D eigenvalue weighted by atomic mass is 79.9. The van der Waals surface area contributed by atoms with Crippen molar-refractivity contribution in [1.29, 1.82) is 5.26 Å². The molecule has 2 rings (SSSR count). The van der Waals surface area contributed by atoms with E-state index in [2.05, 4.69) is 22.0 Å². The number of esters is 1. The number of nitriles is 1. The maximum absolute atomic E-state index is 12.6. The van der Waals surface area contributed by atoms with Crippen LogP contribution in [-0.4, -0.2) is 12.6 Å². The van der Waals surface area contributed by atoms with Gasteiger partial charge in [-0.05, 0) is 31.0 Å². The Hall–Kier alpha value is -2.26. The number of ether oxygens (including phenoxy) is 2. The van der Waals surface area contributed by atoms with Crippen molar-refractivity contribution in [1.82, 2.24) is 0 Å². The zero-order valence-corrected chi connectivity index (χ0v) is 15.2. The van der Waals surface area contributed by atoms with Gasteiger partial charge in [-0.25, -0.2) is 4.79 Å². The van der Waals surface area contributed by atoms with Gasteiger partial charge in [0.05, 0.1) is 18.1 Å². The standard InChI is InChI=1S/C18H19BrN2O3/c1-3-5-14-16(18(22)23-4-2)15(13(10-20)17(21)24-14)11-6-8-12(19)9-7-11/h6-9,15H,3-5,21H2,1-2H3. The highest BCUT2D eigenvalue weighted by Crippen LogP contribution is 2.41. The third-order valence-corrected chi connectivity index (χ3v) is 4.20. The third kappa shape index (κ3) is 3.62. The van der Waals surface area contributed by atoms with Crippen LogP contribution in [0.2, 0.25) is 0 Å². The normalized spacial score (nSPS) is 17.3. The van der Waals surface area contributed by atoms with E-state index >= 15 is 0 Å². The number of carbonyl (C=O) groups excluding carboxylic acids is 1. The molecule has 1 aliphatic heterocycles. The van der Waals surface area contributed by atoms with E-state index in [4.69, 9.17) is 15.2 Å². The molecule has 0 fully saturated rings. The summed E-state index contributed by atoms with van der Waals surface area (Å²) in [5.74, 6) is -0.547. The fourth-order valence-corrected chi connectivity index (χ4v) is 2.92. The zero-order chi connectivity index (χ0) is 17.7. The Kier molecular flexibility index (Phi) is 6.04. The van der Waals surface area contributed by atoms with Crippen LogP contribution in [0.15, 0.2) is 51.5 Å². The minimum atomic E-state index is -0.586. The van der Waals surface area contributed by atoms with Gasteiger partial charge in [-0.1, -0.05) is 35.0 Å². The monoisotopic (exact) mass is 390 g/mol. The Morgan fingerprint density at radius 3 is 2.58 bits per heavy atom. The number of hydrogen-bond acceptors (Lipinski definition) is 5. The van der Waals surface area contributed by atoms with Gasteiger partial charge in [0.2, 0.25) is 5.88 Å². The van der Waals surface area contributed by atoms with Gasteiger partial charge in [-0.2, -0.15) is 5.26 Å². The van der Waals surface area contributed by atoms with Gasteiger partial charge in [-0.15, -0.1) is 0 Å². The summed E-state index contributed by atoms with van der Waals surface area (Å²) in [4.78, 5) is 12.6. The molecule has 0 saturated heterocycles. The number of rotatable bonds is 5. The maximum Gasteiger partial charge on any atom is 0.338 e. The average Bonchev–Trinajstić information content (AvgIpc) is 2.55. The molecule has 5 nitrogen and oxygen atoms in total. The van der Waals surface area contributed by atoms with Crippen LogP contribution in [0.3, 0.4) is 0 Å². The molecule has 6 heteroatoms. The maximum atomic E-state index is 12.6. The van der Waals surface area contributed by atoms with Gasteiger partial charge < -0.3 is 15.2 Å². The predicted molar refractivity (Wildman–Crippen MR) is 93.4 cm³/mol. The molecule has 0 amide bonds. The van der Waals surface area contributed by atoms with Gasteiger partial charge in [0.15, 0.2) is 0 Å².